The molecule has 68 valence electrons. The molecule has 12 heavy (non-hydrogen) atoms. The van der Waals surface area contributed by atoms with Crippen LogP contribution < -0.4 is 0 Å². The largest absolute Gasteiger partial charge is 0.270 e. The van der Waals surface area contributed by atoms with E-state index in [-0.39, 0.29) is 6.61 Å². The van der Waals surface area contributed by atoms with Gasteiger partial charge in [0.15, 0.2) is 0 Å². The van der Waals surface area contributed by atoms with Crippen molar-refractivity contribution in [3.8, 4) is 0 Å². The maximum atomic E-state index is 10.5. The van der Waals surface area contributed by atoms with Crippen LogP contribution in [0.15, 0.2) is 18.5 Å². The maximum absolute atomic E-state index is 10.5. The van der Waals surface area contributed by atoms with Gasteiger partial charge in [-0.05, 0) is 6.07 Å². The monoisotopic (exact) mass is 190 g/mol. The van der Waals surface area contributed by atoms with Gasteiger partial charge in [0.1, 0.15) is 0 Å². The molecule has 0 aromatic carbocycles. The number of aromatic nitrogens is 2. The van der Waals surface area contributed by atoms with Crippen LogP contribution in [0.3, 0.4) is 0 Å². The molecule has 0 bridgehead atoms. The van der Waals surface area contributed by atoms with Crippen LogP contribution in [-0.2, 0) is 20.8 Å². The average Bonchev–Trinajstić information content (AvgIpc) is 2.36. The van der Waals surface area contributed by atoms with Crippen LogP contribution in [0.5, 0.6) is 0 Å². The van der Waals surface area contributed by atoms with Crippen LogP contribution >= 0.6 is 0 Å². The van der Waals surface area contributed by atoms with Crippen molar-refractivity contribution in [3.63, 3.8) is 0 Å². The molecule has 1 heterocycles. The predicted octanol–water partition coefficient (Wildman–Crippen LogP) is -0.141. The standard InChI is InChI=1S/C6H10N2O3S/c1-12(9,10)11-6-5-8-4-2-3-7-8/h2-4H,5-6H2,1H3. The lowest BCUT2D eigenvalue weighted by atomic mass is 10.7. The van der Waals surface area contributed by atoms with Crippen molar-refractivity contribution in [2.75, 3.05) is 12.9 Å². The number of rotatable bonds is 4. The zero-order chi connectivity index (χ0) is 9.03. The van der Waals surface area contributed by atoms with Crippen LogP contribution in [0.2, 0.25) is 0 Å². The molecule has 6 heteroatoms. The Hall–Kier alpha value is -0.880. The minimum Gasteiger partial charge on any atom is -0.270 e. The van der Waals surface area contributed by atoms with E-state index in [1.54, 1.807) is 23.1 Å². The second-order valence-corrected chi connectivity index (χ2v) is 3.94. The van der Waals surface area contributed by atoms with E-state index in [0.29, 0.717) is 6.54 Å². The molecule has 1 rings (SSSR count). The summed E-state index contributed by atoms with van der Waals surface area (Å²) < 4.78 is 27.1. The summed E-state index contributed by atoms with van der Waals surface area (Å²) in [6.45, 7) is 0.570. The lowest BCUT2D eigenvalue weighted by Crippen LogP contribution is -2.10. The molecule has 0 saturated heterocycles. The van der Waals surface area contributed by atoms with Gasteiger partial charge in [0.2, 0.25) is 0 Å². The van der Waals surface area contributed by atoms with E-state index in [2.05, 4.69) is 9.28 Å². The summed E-state index contributed by atoms with van der Waals surface area (Å²) >= 11 is 0. The van der Waals surface area contributed by atoms with Crippen molar-refractivity contribution in [1.82, 2.24) is 9.78 Å². The Kier molecular flexibility index (Phi) is 2.83. The molecular formula is C6H10N2O3S. The van der Waals surface area contributed by atoms with Crippen LogP contribution in [0.25, 0.3) is 0 Å². The van der Waals surface area contributed by atoms with E-state index in [4.69, 9.17) is 0 Å². The summed E-state index contributed by atoms with van der Waals surface area (Å²) in [4.78, 5) is 0. The fraction of sp³-hybridized carbons (Fsp3) is 0.500. The molecule has 0 atom stereocenters. The van der Waals surface area contributed by atoms with E-state index < -0.39 is 10.1 Å². The molecule has 0 N–H and O–H groups in total. The topological polar surface area (TPSA) is 61.2 Å². The van der Waals surface area contributed by atoms with Crippen molar-refractivity contribution >= 4 is 10.1 Å². The summed E-state index contributed by atoms with van der Waals surface area (Å²) in [5, 5.41) is 3.88. The normalized spacial score (nSPS) is 11.8. The molecule has 0 aliphatic heterocycles. The highest BCUT2D eigenvalue weighted by Crippen LogP contribution is 1.89. The molecule has 1 aromatic heterocycles. The molecule has 0 amide bonds. The van der Waals surface area contributed by atoms with E-state index in [9.17, 15) is 8.42 Å². The summed E-state index contributed by atoms with van der Waals surface area (Å²) in [5.41, 5.74) is 0. The van der Waals surface area contributed by atoms with Gasteiger partial charge in [-0.15, -0.1) is 0 Å². The van der Waals surface area contributed by atoms with Crippen LogP contribution in [0, 0.1) is 0 Å². The first-order chi connectivity index (χ1) is 5.58. The van der Waals surface area contributed by atoms with Crippen molar-refractivity contribution < 1.29 is 12.6 Å². The molecule has 0 unspecified atom stereocenters. The smallest absolute Gasteiger partial charge is 0.264 e. The van der Waals surface area contributed by atoms with Gasteiger partial charge in [-0.3, -0.25) is 8.86 Å². The van der Waals surface area contributed by atoms with Gasteiger partial charge >= 0.3 is 0 Å². The summed E-state index contributed by atoms with van der Waals surface area (Å²) in [5.74, 6) is 0. The van der Waals surface area contributed by atoms with E-state index in [0.717, 1.165) is 6.26 Å². The number of hydrogen-bond donors (Lipinski definition) is 0. The third-order valence-electron chi connectivity index (χ3n) is 1.18. The number of hydrogen-bond acceptors (Lipinski definition) is 4. The van der Waals surface area contributed by atoms with Gasteiger partial charge in [-0.25, -0.2) is 0 Å². The van der Waals surface area contributed by atoms with Gasteiger partial charge < -0.3 is 0 Å². The average molecular weight is 190 g/mol. The highest BCUT2D eigenvalue weighted by atomic mass is 32.2. The number of nitrogens with zero attached hydrogens (tertiary/aromatic N) is 2. The Morgan fingerprint density at radius 3 is 2.83 bits per heavy atom. The summed E-state index contributed by atoms with van der Waals surface area (Å²) in [6, 6.07) is 1.76. The lowest BCUT2D eigenvalue weighted by Gasteiger charge is -2.00. The maximum Gasteiger partial charge on any atom is 0.264 e. The molecule has 0 fully saturated rings. The SMILES string of the molecule is CS(=O)(=O)OCCn1cccn1. The Morgan fingerprint density at radius 2 is 2.33 bits per heavy atom. The second-order valence-electron chi connectivity index (χ2n) is 2.30. The van der Waals surface area contributed by atoms with E-state index >= 15 is 0 Å². The Bertz CT molecular complexity index is 317. The first kappa shape index (κ1) is 9.21. The molecule has 0 spiro atoms. The molecular weight excluding hydrogens is 180 g/mol. The van der Waals surface area contributed by atoms with Gasteiger partial charge in [-0.1, -0.05) is 0 Å². The first-order valence-electron chi connectivity index (χ1n) is 3.40. The van der Waals surface area contributed by atoms with Crippen molar-refractivity contribution in [2.24, 2.45) is 0 Å². The summed E-state index contributed by atoms with van der Waals surface area (Å²) in [7, 11) is -3.32. The lowest BCUT2D eigenvalue weighted by molar-refractivity contribution is 0.297. The molecule has 0 aliphatic rings. The Balaban J connectivity index is 2.29. The van der Waals surface area contributed by atoms with Gasteiger partial charge in [0.25, 0.3) is 10.1 Å². The highest BCUT2D eigenvalue weighted by Gasteiger charge is 2.00. The summed E-state index contributed by atoms with van der Waals surface area (Å²) in [6.07, 6.45) is 4.39. The minimum atomic E-state index is -3.32. The first-order valence-corrected chi connectivity index (χ1v) is 5.21. The molecule has 5 nitrogen and oxygen atoms in total. The van der Waals surface area contributed by atoms with E-state index in [1.807, 2.05) is 0 Å². The fourth-order valence-corrected chi connectivity index (χ4v) is 1.09. The third kappa shape index (κ3) is 3.49. The van der Waals surface area contributed by atoms with Crippen LogP contribution in [0.1, 0.15) is 0 Å². The van der Waals surface area contributed by atoms with Crippen LogP contribution in [0.4, 0.5) is 0 Å². The zero-order valence-electron chi connectivity index (χ0n) is 6.67. The quantitative estimate of drug-likeness (QED) is 0.620. The van der Waals surface area contributed by atoms with Crippen molar-refractivity contribution in [3.05, 3.63) is 18.5 Å². The molecule has 0 aliphatic carbocycles. The molecule has 0 radical (unpaired) electrons. The fourth-order valence-electron chi connectivity index (χ4n) is 0.715. The van der Waals surface area contributed by atoms with Gasteiger partial charge in [0, 0.05) is 12.4 Å². The van der Waals surface area contributed by atoms with E-state index in [1.165, 1.54) is 0 Å². The van der Waals surface area contributed by atoms with Crippen molar-refractivity contribution in [1.29, 1.82) is 0 Å². The second kappa shape index (κ2) is 3.68. The van der Waals surface area contributed by atoms with Gasteiger partial charge in [0.05, 0.1) is 19.4 Å². The third-order valence-corrected chi connectivity index (χ3v) is 1.77. The van der Waals surface area contributed by atoms with Crippen LogP contribution in [-0.4, -0.2) is 31.1 Å². The van der Waals surface area contributed by atoms with Gasteiger partial charge in [-0.2, -0.15) is 13.5 Å². The van der Waals surface area contributed by atoms with Crippen molar-refractivity contribution in [2.45, 2.75) is 6.54 Å². The molecule has 1 aromatic rings. The Labute approximate surface area is 71.1 Å². The minimum absolute atomic E-state index is 0.126. The highest BCUT2D eigenvalue weighted by molar-refractivity contribution is 7.85. The predicted molar refractivity (Wildman–Crippen MR) is 43.0 cm³/mol. The molecule has 0 saturated carbocycles. The Morgan fingerprint density at radius 1 is 1.58 bits per heavy atom. The zero-order valence-corrected chi connectivity index (χ0v) is 7.49.